The number of benzene rings is 8. The number of para-hydroxylation sites is 1. The van der Waals surface area contributed by atoms with Crippen LogP contribution in [0, 0.1) is 0 Å². The molecule has 0 saturated carbocycles. The first-order valence-electron chi connectivity index (χ1n) is 21.7. The molecule has 2 heterocycles. The fourth-order valence-electron chi connectivity index (χ4n) is 10.1. The topological polar surface area (TPSA) is 17.4 Å². The van der Waals surface area contributed by atoms with E-state index in [0.29, 0.717) is 0 Å². The van der Waals surface area contributed by atoms with Crippen LogP contribution in [-0.2, 0) is 4.74 Å². The van der Waals surface area contributed by atoms with Crippen molar-refractivity contribution in [2.45, 2.75) is 37.8 Å². The molecule has 3 aliphatic rings. The van der Waals surface area contributed by atoms with Crippen LogP contribution in [0.2, 0.25) is 0 Å². The molecule has 61 heavy (non-hydrogen) atoms. The van der Waals surface area contributed by atoms with Gasteiger partial charge in [0, 0.05) is 56.4 Å². The van der Waals surface area contributed by atoms with Gasteiger partial charge in [0.25, 0.3) is 0 Å². The Morgan fingerprint density at radius 1 is 0.475 bits per heavy atom. The van der Waals surface area contributed by atoms with Crippen molar-refractivity contribution in [3.63, 3.8) is 0 Å². The van der Waals surface area contributed by atoms with E-state index in [4.69, 9.17) is 4.74 Å². The maximum atomic E-state index is 6.79. The van der Waals surface area contributed by atoms with Gasteiger partial charge >= 0.3 is 0 Å². The number of nitrogens with zero attached hydrogens (tertiary/aromatic N) is 2. The van der Waals surface area contributed by atoms with Gasteiger partial charge in [-0.3, -0.25) is 0 Å². The number of rotatable bonds is 7. The zero-order valence-electron chi connectivity index (χ0n) is 33.9. The van der Waals surface area contributed by atoms with Crippen molar-refractivity contribution in [2.24, 2.45) is 0 Å². The predicted octanol–water partition coefficient (Wildman–Crippen LogP) is 15.7. The Hall–Kier alpha value is -7.36. The Balaban J connectivity index is 0.897. The SMILES string of the molecule is C1=CC2=C(CC1)OC1C2=CCCC1n1c2ccccc2c2cc(-c3ccc(N(c4ccc(-c5ccccc5)cc4)c4ccc(-c5ccc6ccccc6c5)cc4)cc3)ccc21. The minimum atomic E-state index is 0.0556. The Labute approximate surface area is 356 Å². The molecule has 0 radical (unpaired) electrons. The number of allylic oxidation sites excluding steroid dienone is 4. The lowest BCUT2D eigenvalue weighted by Gasteiger charge is -2.31. The first-order chi connectivity index (χ1) is 30.2. The van der Waals surface area contributed by atoms with E-state index in [9.17, 15) is 0 Å². The summed E-state index contributed by atoms with van der Waals surface area (Å²) in [4.78, 5) is 2.36. The summed E-state index contributed by atoms with van der Waals surface area (Å²) in [5.41, 5.74) is 15.8. The third kappa shape index (κ3) is 6.19. The van der Waals surface area contributed by atoms with Crippen LogP contribution < -0.4 is 4.90 Å². The van der Waals surface area contributed by atoms with Gasteiger partial charge in [0.05, 0.1) is 6.04 Å². The highest BCUT2D eigenvalue weighted by Crippen LogP contribution is 2.48. The largest absolute Gasteiger partial charge is 0.487 e. The van der Waals surface area contributed by atoms with E-state index in [1.807, 2.05) is 0 Å². The summed E-state index contributed by atoms with van der Waals surface area (Å²) in [6, 6.07) is 69.1. The van der Waals surface area contributed by atoms with Gasteiger partial charge in [-0.15, -0.1) is 0 Å². The fraction of sp³-hybridized carbons (Fsp3) is 0.103. The monoisotopic (exact) mass is 784 g/mol. The van der Waals surface area contributed by atoms with E-state index in [1.54, 1.807) is 0 Å². The van der Waals surface area contributed by atoms with Gasteiger partial charge < -0.3 is 14.2 Å². The Morgan fingerprint density at radius 3 is 1.79 bits per heavy atom. The molecule has 0 spiro atoms. The van der Waals surface area contributed by atoms with Gasteiger partial charge in [-0.05, 0) is 124 Å². The van der Waals surface area contributed by atoms with E-state index in [1.165, 1.54) is 82.9 Å². The number of hydrogen-bond donors (Lipinski definition) is 0. The summed E-state index contributed by atoms with van der Waals surface area (Å²) in [5.74, 6) is 1.18. The van der Waals surface area contributed by atoms with Crippen LogP contribution in [0.3, 0.4) is 0 Å². The van der Waals surface area contributed by atoms with Crippen molar-refractivity contribution in [3.05, 3.63) is 223 Å². The molecule has 2 unspecified atom stereocenters. The predicted molar refractivity (Wildman–Crippen MR) is 255 cm³/mol. The quantitative estimate of drug-likeness (QED) is 0.160. The summed E-state index contributed by atoms with van der Waals surface area (Å²) in [6.45, 7) is 0. The molecule has 0 N–H and O–H groups in total. The molecule has 1 aliphatic heterocycles. The van der Waals surface area contributed by atoms with Crippen LogP contribution in [-0.4, -0.2) is 10.7 Å². The van der Waals surface area contributed by atoms with Crippen LogP contribution in [0.4, 0.5) is 17.1 Å². The summed E-state index contributed by atoms with van der Waals surface area (Å²) < 4.78 is 9.38. The van der Waals surface area contributed by atoms with Gasteiger partial charge in [0.15, 0.2) is 0 Å². The van der Waals surface area contributed by atoms with Gasteiger partial charge in [-0.1, -0.05) is 146 Å². The molecule has 12 rings (SSSR count). The van der Waals surface area contributed by atoms with E-state index < -0.39 is 0 Å². The van der Waals surface area contributed by atoms with Crippen molar-refractivity contribution < 1.29 is 4.74 Å². The number of anilines is 3. The second-order valence-electron chi connectivity index (χ2n) is 16.6. The first kappa shape index (κ1) is 35.6. The summed E-state index contributed by atoms with van der Waals surface area (Å²) in [5, 5.41) is 5.09. The average molecular weight is 785 g/mol. The number of ether oxygens (including phenoxy) is 1. The Bertz CT molecular complexity index is 3200. The molecule has 8 aromatic carbocycles. The second-order valence-corrected chi connectivity index (χ2v) is 16.6. The molecule has 0 amide bonds. The normalized spacial score (nSPS) is 17.0. The summed E-state index contributed by atoms with van der Waals surface area (Å²) in [7, 11) is 0. The highest BCUT2D eigenvalue weighted by Gasteiger charge is 2.40. The second kappa shape index (κ2) is 14.7. The minimum absolute atomic E-state index is 0.0556. The molecule has 9 aromatic rings. The zero-order chi connectivity index (χ0) is 40.3. The lowest BCUT2D eigenvalue weighted by molar-refractivity contribution is 0.104. The zero-order valence-corrected chi connectivity index (χ0v) is 33.9. The standard InChI is InChI=1S/C58H44N2O/c1-2-11-39(12-3-1)41-23-30-47(31-24-41)59(48-32-25-42(26-33-48)45-22-21-40-13-4-5-14-44(40)37-45)49-34-27-43(28-35-49)46-29-36-55-53(38-46)50-15-6-8-18-54(50)60(55)56-19-10-17-52-51-16-7-9-20-57(51)61-58(52)56/h1-8,11-18,21-38,56,58H,9-10,19-20H2. The molecular weight excluding hydrogens is 741 g/mol. The van der Waals surface area contributed by atoms with Crippen LogP contribution in [0.1, 0.15) is 31.7 Å². The Kier molecular flexibility index (Phi) is 8.59. The van der Waals surface area contributed by atoms with Gasteiger partial charge in [0.1, 0.15) is 11.9 Å². The molecule has 292 valence electrons. The molecule has 2 aliphatic carbocycles. The van der Waals surface area contributed by atoms with Crippen LogP contribution in [0.15, 0.2) is 223 Å². The molecule has 2 atom stereocenters. The van der Waals surface area contributed by atoms with Crippen molar-refractivity contribution in [1.82, 2.24) is 4.57 Å². The molecule has 0 saturated heterocycles. The lowest BCUT2D eigenvalue weighted by Crippen LogP contribution is -2.28. The molecule has 3 nitrogen and oxygen atoms in total. The smallest absolute Gasteiger partial charge is 0.144 e. The van der Waals surface area contributed by atoms with E-state index in [2.05, 4.69) is 216 Å². The van der Waals surface area contributed by atoms with E-state index in [0.717, 1.165) is 42.7 Å². The molecule has 0 bridgehead atoms. The third-order valence-corrected chi connectivity index (χ3v) is 13.1. The lowest BCUT2D eigenvalue weighted by atomic mass is 9.87. The molecular formula is C58H44N2O. The Morgan fingerprint density at radius 2 is 1.05 bits per heavy atom. The highest BCUT2D eigenvalue weighted by molar-refractivity contribution is 6.09. The highest BCUT2D eigenvalue weighted by atomic mass is 16.5. The van der Waals surface area contributed by atoms with Crippen molar-refractivity contribution in [2.75, 3.05) is 4.90 Å². The van der Waals surface area contributed by atoms with Gasteiger partial charge in [-0.2, -0.15) is 0 Å². The van der Waals surface area contributed by atoms with Crippen molar-refractivity contribution >= 4 is 49.6 Å². The van der Waals surface area contributed by atoms with Crippen LogP contribution in [0.5, 0.6) is 0 Å². The van der Waals surface area contributed by atoms with E-state index in [-0.39, 0.29) is 12.1 Å². The van der Waals surface area contributed by atoms with Gasteiger partial charge in [-0.25, -0.2) is 0 Å². The molecule has 1 aromatic heterocycles. The maximum absolute atomic E-state index is 6.79. The van der Waals surface area contributed by atoms with Crippen LogP contribution in [0.25, 0.3) is 66.0 Å². The van der Waals surface area contributed by atoms with Crippen molar-refractivity contribution in [1.29, 1.82) is 0 Å². The van der Waals surface area contributed by atoms with Gasteiger partial charge in [0.2, 0.25) is 0 Å². The third-order valence-electron chi connectivity index (χ3n) is 13.1. The molecule has 3 heteroatoms. The summed E-state index contributed by atoms with van der Waals surface area (Å²) >= 11 is 0. The summed E-state index contributed by atoms with van der Waals surface area (Å²) in [6.07, 6.45) is 11.3. The minimum Gasteiger partial charge on any atom is -0.487 e. The maximum Gasteiger partial charge on any atom is 0.144 e. The number of aromatic nitrogens is 1. The number of hydrogen-bond acceptors (Lipinski definition) is 2. The first-order valence-corrected chi connectivity index (χ1v) is 21.7. The molecule has 0 fully saturated rings. The van der Waals surface area contributed by atoms with Crippen LogP contribution >= 0.6 is 0 Å². The van der Waals surface area contributed by atoms with Crippen molar-refractivity contribution in [3.8, 4) is 33.4 Å². The van der Waals surface area contributed by atoms with E-state index >= 15 is 0 Å². The number of fused-ring (bicyclic) bond motifs is 6. The average Bonchev–Trinajstić information content (AvgIpc) is 3.88. The fourth-order valence-corrected chi connectivity index (χ4v) is 10.1.